The highest BCUT2D eigenvalue weighted by molar-refractivity contribution is 6.39. The van der Waals surface area contributed by atoms with Crippen LogP contribution in [0.5, 0.6) is 5.75 Å². The molecule has 170 valence electrons. The van der Waals surface area contributed by atoms with Gasteiger partial charge in [-0.2, -0.15) is 5.10 Å². The smallest absolute Gasteiger partial charge is 0.329 e. The number of ether oxygens (including phenoxy) is 1. The zero-order valence-corrected chi connectivity index (χ0v) is 18.9. The van der Waals surface area contributed by atoms with Crippen LogP contribution >= 0.6 is 11.6 Å². The van der Waals surface area contributed by atoms with Gasteiger partial charge in [0.25, 0.3) is 0 Å². The van der Waals surface area contributed by atoms with Crippen molar-refractivity contribution in [2.24, 2.45) is 5.10 Å². The summed E-state index contributed by atoms with van der Waals surface area (Å²) in [6.07, 6.45) is 0.725. The van der Waals surface area contributed by atoms with Crippen LogP contribution in [0.2, 0.25) is 5.02 Å². The predicted molar refractivity (Wildman–Crippen MR) is 127 cm³/mol. The van der Waals surface area contributed by atoms with E-state index in [1.807, 2.05) is 19.1 Å². The van der Waals surface area contributed by atoms with Gasteiger partial charge in [0, 0.05) is 11.3 Å². The van der Waals surface area contributed by atoms with Crippen LogP contribution in [0.3, 0.4) is 0 Å². The number of aryl methyl sites for hydroxylation is 1. The lowest BCUT2D eigenvalue weighted by Gasteiger charge is -2.10. The molecule has 0 saturated carbocycles. The first-order chi connectivity index (χ1) is 15.9. The Morgan fingerprint density at radius 1 is 1.00 bits per heavy atom. The average molecular weight is 468 g/mol. The van der Waals surface area contributed by atoms with Crippen molar-refractivity contribution in [3.63, 3.8) is 0 Å². The van der Waals surface area contributed by atoms with Crippen LogP contribution in [0, 0.1) is 5.82 Å². The Hall–Kier alpha value is -3.71. The number of anilines is 1. The zero-order chi connectivity index (χ0) is 23.8. The molecule has 8 heteroatoms. The number of amides is 2. The van der Waals surface area contributed by atoms with E-state index in [2.05, 4.69) is 15.8 Å². The summed E-state index contributed by atoms with van der Waals surface area (Å²) < 4.78 is 19.5. The Kier molecular flexibility index (Phi) is 8.16. The van der Waals surface area contributed by atoms with Gasteiger partial charge in [-0.1, -0.05) is 42.8 Å². The molecular formula is C25H23ClFN3O3. The molecule has 0 aliphatic rings. The van der Waals surface area contributed by atoms with Gasteiger partial charge >= 0.3 is 11.8 Å². The SMILES string of the molecule is CCc1ccccc1NC(=O)C(=O)NN=C(C)c1ccc(OCc2c(F)cccc2Cl)cc1. The number of nitrogens with zero attached hydrogens (tertiary/aromatic N) is 1. The minimum atomic E-state index is -0.873. The molecule has 2 amide bonds. The van der Waals surface area contributed by atoms with E-state index < -0.39 is 17.6 Å². The Morgan fingerprint density at radius 2 is 1.73 bits per heavy atom. The number of carbonyl (C=O) groups is 2. The Balaban J connectivity index is 1.57. The fourth-order valence-electron chi connectivity index (χ4n) is 3.00. The number of nitrogens with one attached hydrogen (secondary N) is 2. The fraction of sp³-hybridized carbons (Fsp3) is 0.160. The van der Waals surface area contributed by atoms with Gasteiger partial charge in [-0.3, -0.25) is 9.59 Å². The Bertz CT molecular complexity index is 1160. The van der Waals surface area contributed by atoms with Crippen LogP contribution in [-0.2, 0) is 22.6 Å². The molecule has 0 aliphatic heterocycles. The second-order valence-corrected chi connectivity index (χ2v) is 7.52. The summed E-state index contributed by atoms with van der Waals surface area (Å²) >= 11 is 6.01. The third-order valence-corrected chi connectivity index (χ3v) is 5.25. The van der Waals surface area contributed by atoms with E-state index in [0.717, 1.165) is 12.0 Å². The maximum Gasteiger partial charge on any atom is 0.329 e. The van der Waals surface area contributed by atoms with Gasteiger partial charge in [-0.05, 0) is 66.9 Å². The number of halogens is 2. The molecule has 0 spiro atoms. The quantitative estimate of drug-likeness (QED) is 0.288. The minimum Gasteiger partial charge on any atom is -0.489 e. The van der Waals surface area contributed by atoms with Crippen molar-refractivity contribution >= 4 is 34.8 Å². The summed E-state index contributed by atoms with van der Waals surface area (Å²) in [6.45, 7) is 3.65. The Labute approximate surface area is 196 Å². The summed E-state index contributed by atoms with van der Waals surface area (Å²) in [7, 11) is 0. The molecule has 0 aliphatic carbocycles. The van der Waals surface area contributed by atoms with Crippen molar-refractivity contribution in [3.8, 4) is 5.75 Å². The van der Waals surface area contributed by atoms with Crippen molar-refractivity contribution in [1.82, 2.24) is 5.43 Å². The topological polar surface area (TPSA) is 79.8 Å². The second kappa shape index (κ2) is 11.2. The van der Waals surface area contributed by atoms with Crippen molar-refractivity contribution < 1.29 is 18.7 Å². The first kappa shape index (κ1) is 23.9. The number of carbonyl (C=O) groups excluding carboxylic acids is 2. The van der Waals surface area contributed by atoms with E-state index in [9.17, 15) is 14.0 Å². The molecular weight excluding hydrogens is 445 g/mol. The van der Waals surface area contributed by atoms with Gasteiger partial charge < -0.3 is 10.1 Å². The highest BCUT2D eigenvalue weighted by atomic mass is 35.5. The van der Waals surface area contributed by atoms with Gasteiger partial charge in [-0.25, -0.2) is 9.82 Å². The number of para-hydroxylation sites is 1. The van der Waals surface area contributed by atoms with Crippen LogP contribution < -0.4 is 15.5 Å². The van der Waals surface area contributed by atoms with E-state index in [0.29, 0.717) is 27.7 Å². The van der Waals surface area contributed by atoms with Gasteiger partial charge in [0.05, 0.1) is 10.7 Å². The molecule has 2 N–H and O–H groups in total. The van der Waals surface area contributed by atoms with Crippen molar-refractivity contribution in [2.45, 2.75) is 26.9 Å². The molecule has 0 atom stereocenters. The molecule has 6 nitrogen and oxygen atoms in total. The molecule has 0 aromatic heterocycles. The molecule has 0 radical (unpaired) electrons. The van der Waals surface area contributed by atoms with Gasteiger partial charge in [-0.15, -0.1) is 0 Å². The normalized spacial score (nSPS) is 11.1. The summed E-state index contributed by atoms with van der Waals surface area (Å²) in [5, 5.41) is 6.89. The summed E-state index contributed by atoms with van der Waals surface area (Å²) in [5.74, 6) is -1.59. The van der Waals surface area contributed by atoms with E-state index >= 15 is 0 Å². The van der Waals surface area contributed by atoms with Crippen LogP contribution in [0.1, 0.15) is 30.5 Å². The highest BCUT2D eigenvalue weighted by Gasteiger charge is 2.15. The molecule has 33 heavy (non-hydrogen) atoms. The average Bonchev–Trinajstić information content (AvgIpc) is 2.82. The van der Waals surface area contributed by atoms with Crippen molar-refractivity contribution in [2.75, 3.05) is 5.32 Å². The van der Waals surface area contributed by atoms with Crippen molar-refractivity contribution in [1.29, 1.82) is 0 Å². The van der Waals surface area contributed by atoms with Crippen LogP contribution in [0.15, 0.2) is 71.8 Å². The maximum absolute atomic E-state index is 13.8. The molecule has 0 saturated heterocycles. The van der Waals surface area contributed by atoms with Crippen LogP contribution in [0.25, 0.3) is 0 Å². The first-order valence-corrected chi connectivity index (χ1v) is 10.7. The number of hydrogen-bond acceptors (Lipinski definition) is 4. The summed E-state index contributed by atoms with van der Waals surface area (Å²) in [5.41, 5.74) is 5.27. The molecule has 0 unspecified atom stereocenters. The van der Waals surface area contributed by atoms with Crippen LogP contribution in [-0.4, -0.2) is 17.5 Å². The minimum absolute atomic E-state index is 0.00967. The lowest BCUT2D eigenvalue weighted by Crippen LogP contribution is -2.33. The van der Waals surface area contributed by atoms with E-state index in [1.165, 1.54) is 12.1 Å². The third kappa shape index (κ3) is 6.40. The first-order valence-electron chi connectivity index (χ1n) is 10.3. The number of rotatable bonds is 7. The molecule has 3 rings (SSSR count). The van der Waals surface area contributed by atoms with E-state index in [1.54, 1.807) is 49.4 Å². The lowest BCUT2D eigenvalue weighted by molar-refractivity contribution is -0.136. The van der Waals surface area contributed by atoms with Gasteiger partial charge in [0.1, 0.15) is 18.2 Å². The fourth-order valence-corrected chi connectivity index (χ4v) is 3.22. The molecule has 3 aromatic carbocycles. The maximum atomic E-state index is 13.8. The number of benzene rings is 3. The van der Waals surface area contributed by atoms with Crippen molar-refractivity contribution in [3.05, 3.63) is 94.3 Å². The number of hydrogen-bond donors (Lipinski definition) is 2. The van der Waals surface area contributed by atoms with Gasteiger partial charge in [0.15, 0.2) is 0 Å². The van der Waals surface area contributed by atoms with E-state index in [-0.39, 0.29) is 12.2 Å². The third-order valence-electron chi connectivity index (χ3n) is 4.89. The van der Waals surface area contributed by atoms with E-state index in [4.69, 9.17) is 16.3 Å². The number of hydrazone groups is 1. The molecule has 0 heterocycles. The standard InChI is InChI=1S/C25H23ClFN3O3/c1-3-17-7-4-5-10-23(17)28-24(31)25(32)30-29-16(2)18-11-13-19(14-12-18)33-15-20-21(26)8-6-9-22(20)27/h4-14H,3,15H2,1-2H3,(H,28,31)(H,30,32). The predicted octanol–water partition coefficient (Wildman–Crippen LogP) is 5.10. The largest absolute Gasteiger partial charge is 0.489 e. The summed E-state index contributed by atoms with van der Waals surface area (Å²) in [4.78, 5) is 24.3. The Morgan fingerprint density at radius 3 is 2.42 bits per heavy atom. The van der Waals surface area contributed by atoms with Gasteiger partial charge in [0.2, 0.25) is 0 Å². The molecule has 0 bridgehead atoms. The lowest BCUT2D eigenvalue weighted by atomic mass is 10.1. The van der Waals surface area contributed by atoms with Crippen LogP contribution in [0.4, 0.5) is 10.1 Å². The molecule has 0 fully saturated rings. The second-order valence-electron chi connectivity index (χ2n) is 7.12. The monoisotopic (exact) mass is 467 g/mol. The highest BCUT2D eigenvalue weighted by Crippen LogP contribution is 2.22. The summed E-state index contributed by atoms with van der Waals surface area (Å²) in [6, 6.07) is 18.6. The molecule has 3 aromatic rings. The zero-order valence-electron chi connectivity index (χ0n) is 18.2.